The summed E-state index contributed by atoms with van der Waals surface area (Å²) in [5.41, 5.74) is 1.20. The fourth-order valence-electron chi connectivity index (χ4n) is 2.20. The van der Waals surface area contributed by atoms with Crippen LogP contribution in [0.25, 0.3) is 0 Å². The first-order valence-corrected chi connectivity index (χ1v) is 9.29. The third-order valence-corrected chi connectivity index (χ3v) is 3.92. The molecular weight excluding hydrogens is 382 g/mol. The molecule has 2 aromatic rings. The molecule has 0 atom stereocenters. The molecule has 5 heteroatoms. The van der Waals surface area contributed by atoms with E-state index in [0.717, 1.165) is 23.1 Å². The second-order valence-corrected chi connectivity index (χ2v) is 6.90. The Kier molecular flexibility index (Phi) is 7.31. The third-order valence-electron chi connectivity index (χ3n) is 3.43. The lowest BCUT2D eigenvalue weighted by atomic mass is 10.1. The number of amides is 1. The van der Waals surface area contributed by atoms with Gasteiger partial charge in [-0.1, -0.05) is 29.3 Å². The minimum atomic E-state index is -0.211. The van der Waals surface area contributed by atoms with E-state index in [-0.39, 0.29) is 12.0 Å². The first kappa shape index (κ1) is 19.3. The van der Waals surface area contributed by atoms with Gasteiger partial charge in [-0.2, -0.15) is 0 Å². The average molecular weight is 406 g/mol. The lowest BCUT2D eigenvalue weighted by molar-refractivity contribution is 0.102. The van der Waals surface area contributed by atoms with Crippen LogP contribution < -0.4 is 14.8 Å². The normalized spacial score (nSPS) is 10.6. The van der Waals surface area contributed by atoms with E-state index < -0.39 is 0 Å². The van der Waals surface area contributed by atoms with Crippen molar-refractivity contribution >= 4 is 27.5 Å². The van der Waals surface area contributed by atoms with Gasteiger partial charge in [-0.15, -0.1) is 0 Å². The van der Waals surface area contributed by atoms with Crippen LogP contribution in [0.5, 0.6) is 11.5 Å². The maximum Gasteiger partial charge on any atom is 0.259 e. The van der Waals surface area contributed by atoms with Gasteiger partial charge in [0.15, 0.2) is 0 Å². The number of ether oxygens (including phenoxy) is 2. The molecule has 0 aliphatic carbocycles. The number of hydrogen-bond acceptors (Lipinski definition) is 3. The van der Waals surface area contributed by atoms with Crippen molar-refractivity contribution in [3.8, 4) is 11.5 Å². The Morgan fingerprint density at radius 3 is 2.52 bits per heavy atom. The molecule has 0 radical (unpaired) electrons. The molecule has 2 aromatic carbocycles. The SMILES string of the molecule is CCCCOc1ccc(NC(=O)c2cc(Br)ccc2OC(C)C)cc1. The van der Waals surface area contributed by atoms with Crippen molar-refractivity contribution in [2.24, 2.45) is 0 Å². The fraction of sp³-hybridized carbons (Fsp3) is 0.350. The van der Waals surface area contributed by atoms with E-state index in [1.165, 1.54) is 0 Å². The zero-order valence-corrected chi connectivity index (χ0v) is 16.4. The number of rotatable bonds is 8. The monoisotopic (exact) mass is 405 g/mol. The maximum absolute atomic E-state index is 12.6. The van der Waals surface area contributed by atoms with Gasteiger partial charge in [0.05, 0.1) is 18.3 Å². The summed E-state index contributed by atoms with van der Waals surface area (Å²) in [6, 6.07) is 12.8. The predicted molar refractivity (Wildman–Crippen MR) is 105 cm³/mol. The van der Waals surface area contributed by atoms with Crippen LogP contribution in [-0.2, 0) is 0 Å². The summed E-state index contributed by atoms with van der Waals surface area (Å²) in [6.45, 7) is 6.69. The Morgan fingerprint density at radius 2 is 1.88 bits per heavy atom. The first-order valence-electron chi connectivity index (χ1n) is 8.50. The number of anilines is 1. The summed E-state index contributed by atoms with van der Waals surface area (Å²) in [5.74, 6) is 1.16. The van der Waals surface area contributed by atoms with Gasteiger partial charge < -0.3 is 14.8 Å². The molecule has 0 aliphatic rings. The fourth-order valence-corrected chi connectivity index (χ4v) is 2.56. The van der Waals surface area contributed by atoms with Crippen LogP contribution in [0.15, 0.2) is 46.9 Å². The van der Waals surface area contributed by atoms with E-state index in [4.69, 9.17) is 9.47 Å². The van der Waals surface area contributed by atoms with Crippen molar-refractivity contribution < 1.29 is 14.3 Å². The summed E-state index contributed by atoms with van der Waals surface area (Å²) in [7, 11) is 0. The predicted octanol–water partition coefficient (Wildman–Crippen LogP) is 5.67. The van der Waals surface area contributed by atoms with Gasteiger partial charge in [0.2, 0.25) is 0 Å². The molecule has 4 nitrogen and oxygen atoms in total. The Balaban J connectivity index is 2.07. The molecule has 0 fully saturated rings. The molecule has 1 amide bonds. The van der Waals surface area contributed by atoms with Gasteiger partial charge in [-0.3, -0.25) is 4.79 Å². The molecule has 1 N–H and O–H groups in total. The molecule has 0 saturated heterocycles. The molecule has 25 heavy (non-hydrogen) atoms. The van der Waals surface area contributed by atoms with Crippen LogP contribution in [-0.4, -0.2) is 18.6 Å². The smallest absolute Gasteiger partial charge is 0.259 e. The van der Waals surface area contributed by atoms with Crippen molar-refractivity contribution in [1.29, 1.82) is 0 Å². The number of benzene rings is 2. The topological polar surface area (TPSA) is 47.6 Å². The Hall–Kier alpha value is -2.01. The number of nitrogens with one attached hydrogen (secondary N) is 1. The Labute approximate surface area is 157 Å². The van der Waals surface area contributed by atoms with Crippen molar-refractivity contribution in [2.45, 2.75) is 39.7 Å². The van der Waals surface area contributed by atoms with Crippen LogP contribution in [0.2, 0.25) is 0 Å². The van der Waals surface area contributed by atoms with Crippen LogP contribution in [0.3, 0.4) is 0 Å². The maximum atomic E-state index is 12.6. The van der Waals surface area contributed by atoms with Crippen LogP contribution >= 0.6 is 15.9 Å². The highest BCUT2D eigenvalue weighted by atomic mass is 79.9. The Bertz CT molecular complexity index is 699. The second-order valence-electron chi connectivity index (χ2n) is 5.99. The highest BCUT2D eigenvalue weighted by Crippen LogP contribution is 2.26. The quantitative estimate of drug-likeness (QED) is 0.575. The highest BCUT2D eigenvalue weighted by Gasteiger charge is 2.14. The lowest BCUT2D eigenvalue weighted by Crippen LogP contribution is -2.15. The molecule has 0 saturated carbocycles. The summed E-state index contributed by atoms with van der Waals surface area (Å²) in [4.78, 5) is 12.6. The van der Waals surface area contributed by atoms with Gasteiger partial charge in [0, 0.05) is 10.2 Å². The molecular formula is C20H24BrNO3. The number of carbonyl (C=O) groups excluding carboxylic acids is 1. The van der Waals surface area contributed by atoms with Crippen molar-refractivity contribution in [3.63, 3.8) is 0 Å². The second kappa shape index (κ2) is 9.47. The molecule has 0 unspecified atom stereocenters. The van der Waals surface area contributed by atoms with Crippen molar-refractivity contribution in [2.75, 3.05) is 11.9 Å². The van der Waals surface area contributed by atoms with Crippen LogP contribution in [0.4, 0.5) is 5.69 Å². The van der Waals surface area contributed by atoms with Gasteiger partial charge >= 0.3 is 0 Å². The number of carbonyl (C=O) groups is 1. The molecule has 0 bridgehead atoms. The molecule has 0 heterocycles. The van der Waals surface area contributed by atoms with Crippen LogP contribution in [0.1, 0.15) is 44.0 Å². The zero-order chi connectivity index (χ0) is 18.2. The highest BCUT2D eigenvalue weighted by molar-refractivity contribution is 9.10. The Morgan fingerprint density at radius 1 is 1.16 bits per heavy atom. The number of halogens is 1. The van der Waals surface area contributed by atoms with E-state index in [1.807, 2.05) is 44.2 Å². The third kappa shape index (κ3) is 6.09. The van der Waals surface area contributed by atoms with Gasteiger partial charge in [-0.05, 0) is 62.7 Å². The summed E-state index contributed by atoms with van der Waals surface area (Å²) in [5, 5.41) is 2.90. The lowest BCUT2D eigenvalue weighted by Gasteiger charge is -2.15. The van der Waals surface area contributed by atoms with Crippen molar-refractivity contribution in [1.82, 2.24) is 0 Å². The standard InChI is InChI=1S/C20H24BrNO3/c1-4-5-12-24-17-9-7-16(8-10-17)22-20(23)18-13-15(21)6-11-19(18)25-14(2)3/h6-11,13-14H,4-5,12H2,1-3H3,(H,22,23). The zero-order valence-electron chi connectivity index (χ0n) is 14.8. The van der Waals surface area contributed by atoms with E-state index in [2.05, 4.69) is 28.2 Å². The largest absolute Gasteiger partial charge is 0.494 e. The van der Waals surface area contributed by atoms with E-state index in [1.54, 1.807) is 12.1 Å². The van der Waals surface area contributed by atoms with Gasteiger partial charge in [0.25, 0.3) is 5.91 Å². The summed E-state index contributed by atoms with van der Waals surface area (Å²) in [6.07, 6.45) is 2.12. The van der Waals surface area contributed by atoms with E-state index in [0.29, 0.717) is 23.6 Å². The number of hydrogen-bond donors (Lipinski definition) is 1. The number of unbranched alkanes of at least 4 members (excludes halogenated alkanes) is 1. The molecule has 2 rings (SSSR count). The average Bonchev–Trinajstić information content (AvgIpc) is 2.58. The van der Waals surface area contributed by atoms with Crippen molar-refractivity contribution in [3.05, 3.63) is 52.5 Å². The summed E-state index contributed by atoms with van der Waals surface area (Å²) >= 11 is 3.40. The molecule has 0 aliphatic heterocycles. The van der Waals surface area contributed by atoms with Gasteiger partial charge in [-0.25, -0.2) is 0 Å². The van der Waals surface area contributed by atoms with Crippen LogP contribution in [0, 0.1) is 0 Å². The molecule has 134 valence electrons. The molecule has 0 spiro atoms. The minimum Gasteiger partial charge on any atom is -0.494 e. The first-order chi connectivity index (χ1) is 12.0. The van der Waals surface area contributed by atoms with Gasteiger partial charge in [0.1, 0.15) is 11.5 Å². The minimum absolute atomic E-state index is 0.00715. The molecule has 0 aromatic heterocycles. The van der Waals surface area contributed by atoms with E-state index >= 15 is 0 Å². The summed E-state index contributed by atoms with van der Waals surface area (Å²) < 4.78 is 12.2. The van der Waals surface area contributed by atoms with E-state index in [9.17, 15) is 4.79 Å².